The van der Waals surface area contributed by atoms with Gasteiger partial charge in [0.25, 0.3) is 11.4 Å². The first-order valence-electron chi connectivity index (χ1n) is 8.29. The van der Waals surface area contributed by atoms with Crippen LogP contribution in [-0.4, -0.2) is 21.5 Å². The van der Waals surface area contributed by atoms with Crippen molar-refractivity contribution in [3.05, 3.63) is 44.0 Å². The molecular formula is C17H19N3O6. The highest BCUT2D eigenvalue weighted by molar-refractivity contribution is 5.96. The van der Waals surface area contributed by atoms with Crippen molar-refractivity contribution in [2.24, 2.45) is 21.9 Å². The van der Waals surface area contributed by atoms with E-state index < -0.39 is 27.2 Å². The lowest BCUT2D eigenvalue weighted by atomic mass is 9.70. The molecule has 0 heterocycles. The van der Waals surface area contributed by atoms with Crippen LogP contribution in [-0.2, 0) is 4.84 Å². The van der Waals surface area contributed by atoms with Crippen molar-refractivity contribution in [2.75, 3.05) is 0 Å². The van der Waals surface area contributed by atoms with E-state index in [0.29, 0.717) is 5.92 Å². The molecule has 0 saturated heterocycles. The first-order chi connectivity index (χ1) is 12.1. The number of hydrogen-bond acceptors (Lipinski definition) is 7. The Kier molecular flexibility index (Phi) is 4.05. The highest BCUT2D eigenvalue weighted by Crippen LogP contribution is 2.64. The zero-order valence-corrected chi connectivity index (χ0v) is 14.7. The highest BCUT2D eigenvalue weighted by atomic mass is 16.7. The van der Waals surface area contributed by atoms with E-state index in [0.717, 1.165) is 43.2 Å². The topological polar surface area (TPSA) is 125 Å². The Balaban J connectivity index is 1.86. The van der Waals surface area contributed by atoms with Gasteiger partial charge in [0.2, 0.25) is 0 Å². The van der Waals surface area contributed by atoms with E-state index in [2.05, 4.69) is 25.9 Å². The molecular weight excluding hydrogens is 342 g/mol. The molecule has 2 aliphatic rings. The maximum absolute atomic E-state index is 12.2. The lowest BCUT2D eigenvalue weighted by Crippen LogP contribution is -2.32. The minimum Gasteiger partial charge on any atom is -0.313 e. The van der Waals surface area contributed by atoms with Gasteiger partial charge in [-0.3, -0.25) is 20.2 Å². The zero-order valence-electron chi connectivity index (χ0n) is 14.7. The third-order valence-electron chi connectivity index (χ3n) is 6.31. The zero-order chi connectivity index (χ0) is 19.3. The molecule has 138 valence electrons. The second-order valence-electron chi connectivity index (χ2n) is 7.66. The summed E-state index contributed by atoms with van der Waals surface area (Å²) >= 11 is 0. The van der Waals surface area contributed by atoms with Crippen molar-refractivity contribution < 1.29 is 19.5 Å². The van der Waals surface area contributed by atoms with Gasteiger partial charge in [-0.25, -0.2) is 4.79 Å². The van der Waals surface area contributed by atoms with Gasteiger partial charge in [0.1, 0.15) is 0 Å². The molecule has 26 heavy (non-hydrogen) atoms. The highest BCUT2D eigenvalue weighted by Gasteiger charge is 2.60. The molecule has 0 N–H and O–H groups in total. The molecule has 0 aliphatic heterocycles. The minimum absolute atomic E-state index is 0.0581. The number of nitrogens with zero attached hydrogens (tertiary/aromatic N) is 3. The molecule has 2 fully saturated rings. The van der Waals surface area contributed by atoms with E-state index in [9.17, 15) is 25.0 Å². The third-order valence-corrected chi connectivity index (χ3v) is 6.31. The van der Waals surface area contributed by atoms with Crippen molar-refractivity contribution in [1.29, 1.82) is 0 Å². The van der Waals surface area contributed by atoms with Gasteiger partial charge in [0.05, 0.1) is 27.2 Å². The Bertz CT molecular complexity index is 815. The number of rotatable bonds is 4. The molecule has 0 aromatic heterocycles. The van der Waals surface area contributed by atoms with Crippen LogP contribution in [0.5, 0.6) is 0 Å². The van der Waals surface area contributed by atoms with Gasteiger partial charge < -0.3 is 4.84 Å². The fraction of sp³-hybridized carbons (Fsp3) is 0.529. The fourth-order valence-corrected chi connectivity index (χ4v) is 4.14. The molecule has 1 aromatic rings. The molecule has 3 rings (SSSR count). The van der Waals surface area contributed by atoms with Crippen LogP contribution in [0.2, 0.25) is 0 Å². The summed E-state index contributed by atoms with van der Waals surface area (Å²) < 4.78 is 0. The maximum atomic E-state index is 12.2. The molecule has 2 atom stereocenters. The van der Waals surface area contributed by atoms with Crippen LogP contribution in [0.25, 0.3) is 0 Å². The van der Waals surface area contributed by atoms with Crippen LogP contribution in [0.4, 0.5) is 11.4 Å². The van der Waals surface area contributed by atoms with Gasteiger partial charge in [-0.1, -0.05) is 25.9 Å². The van der Waals surface area contributed by atoms with Gasteiger partial charge >= 0.3 is 5.97 Å². The Morgan fingerprint density at radius 1 is 1.15 bits per heavy atom. The lowest BCUT2D eigenvalue weighted by molar-refractivity contribution is -0.394. The number of non-ortho nitro benzene ring substituents is 2. The molecule has 9 heteroatoms. The summed E-state index contributed by atoms with van der Waals surface area (Å²) in [6, 6.07) is 2.69. The van der Waals surface area contributed by atoms with Gasteiger partial charge in [0, 0.05) is 17.5 Å². The van der Waals surface area contributed by atoms with Crippen LogP contribution < -0.4 is 0 Å². The number of fused-ring (bicyclic) bond motifs is 2. The van der Waals surface area contributed by atoms with Crippen molar-refractivity contribution >= 4 is 23.1 Å². The Labute approximate surface area is 149 Å². The summed E-state index contributed by atoms with van der Waals surface area (Å²) in [4.78, 5) is 37.5. The molecule has 0 amide bonds. The molecule has 2 saturated carbocycles. The standard InChI is InChI=1S/C17H19N3O6/c1-16(2)11-4-5-17(16,3)14(8-11)18-26-15(21)10-6-12(19(22)23)9-13(7-10)20(24)25/h6-7,9,11H,4-5,8H2,1-3H3/b18-14+. The Hall–Kier alpha value is -2.84. The number of carbonyl (C=O) groups is 1. The fourth-order valence-electron chi connectivity index (χ4n) is 4.14. The molecule has 0 spiro atoms. The van der Waals surface area contributed by atoms with E-state index >= 15 is 0 Å². The third kappa shape index (κ3) is 2.63. The molecule has 2 aliphatic carbocycles. The van der Waals surface area contributed by atoms with Crippen molar-refractivity contribution in [3.63, 3.8) is 0 Å². The number of benzene rings is 1. The summed E-state index contributed by atoms with van der Waals surface area (Å²) in [5.74, 6) is -0.475. The van der Waals surface area contributed by atoms with Crippen LogP contribution in [0.1, 0.15) is 50.4 Å². The van der Waals surface area contributed by atoms with Gasteiger partial charge in [-0.05, 0) is 30.6 Å². The second-order valence-corrected chi connectivity index (χ2v) is 7.66. The molecule has 0 radical (unpaired) electrons. The predicted molar refractivity (Wildman–Crippen MR) is 91.8 cm³/mol. The summed E-state index contributed by atoms with van der Waals surface area (Å²) in [6.45, 7) is 6.46. The van der Waals surface area contributed by atoms with Crippen LogP contribution in [0.3, 0.4) is 0 Å². The van der Waals surface area contributed by atoms with Crippen molar-refractivity contribution in [1.82, 2.24) is 0 Å². The van der Waals surface area contributed by atoms with Crippen LogP contribution in [0, 0.1) is 37.0 Å². The van der Waals surface area contributed by atoms with Gasteiger partial charge in [0.15, 0.2) is 0 Å². The first kappa shape index (κ1) is 18.0. The summed E-state index contributed by atoms with van der Waals surface area (Å²) in [5.41, 5.74) is -0.677. The molecule has 2 unspecified atom stereocenters. The van der Waals surface area contributed by atoms with E-state index in [1.54, 1.807) is 0 Å². The summed E-state index contributed by atoms with van der Waals surface area (Å²) in [7, 11) is 0. The average molecular weight is 361 g/mol. The lowest BCUT2D eigenvalue weighted by Gasteiger charge is -2.34. The SMILES string of the molecule is CC12CCC(C/C1=N\OC(=O)c1cc([N+](=O)[O-])cc([N+](=O)[O-])c1)C2(C)C. The molecule has 9 nitrogen and oxygen atoms in total. The molecule has 1 aromatic carbocycles. The van der Waals surface area contributed by atoms with Crippen LogP contribution >= 0.6 is 0 Å². The van der Waals surface area contributed by atoms with E-state index in [4.69, 9.17) is 4.84 Å². The Morgan fingerprint density at radius 3 is 2.15 bits per heavy atom. The van der Waals surface area contributed by atoms with E-state index in [-0.39, 0.29) is 16.4 Å². The van der Waals surface area contributed by atoms with Gasteiger partial charge in [-0.15, -0.1) is 0 Å². The molecule has 2 bridgehead atoms. The Morgan fingerprint density at radius 2 is 1.73 bits per heavy atom. The van der Waals surface area contributed by atoms with E-state index in [1.807, 2.05) is 0 Å². The largest absolute Gasteiger partial charge is 0.366 e. The number of nitro groups is 2. The normalized spacial score (nSPS) is 27.5. The number of oxime groups is 1. The van der Waals surface area contributed by atoms with Crippen molar-refractivity contribution in [2.45, 2.75) is 40.0 Å². The summed E-state index contributed by atoms with van der Waals surface area (Å²) in [5, 5.41) is 25.9. The second kappa shape index (κ2) is 5.86. The number of hydrogen-bond donors (Lipinski definition) is 0. The monoisotopic (exact) mass is 361 g/mol. The first-order valence-corrected chi connectivity index (χ1v) is 8.29. The smallest absolute Gasteiger partial charge is 0.313 e. The van der Waals surface area contributed by atoms with Crippen LogP contribution in [0.15, 0.2) is 23.4 Å². The van der Waals surface area contributed by atoms with E-state index in [1.165, 1.54) is 0 Å². The maximum Gasteiger partial charge on any atom is 0.366 e. The minimum atomic E-state index is -0.950. The number of carbonyl (C=O) groups excluding carboxylic acids is 1. The van der Waals surface area contributed by atoms with Crippen molar-refractivity contribution in [3.8, 4) is 0 Å². The average Bonchev–Trinajstić information content (AvgIpc) is 2.92. The van der Waals surface area contributed by atoms with Gasteiger partial charge in [-0.2, -0.15) is 0 Å². The number of nitro benzene ring substituents is 2. The summed E-state index contributed by atoms with van der Waals surface area (Å²) in [6.07, 6.45) is 2.81. The quantitative estimate of drug-likeness (QED) is 0.455. The predicted octanol–water partition coefficient (Wildman–Crippen LogP) is 3.86.